The first-order chi connectivity index (χ1) is 11.7. The molecule has 134 valence electrons. The SMILES string of the molecule is CCC(=O)Oc1cccc(C(F)(F)F)c1COc1cc(C)ccc1C. The molecular formula is C19H19F3O3. The van der Waals surface area contributed by atoms with Gasteiger partial charge in [0.15, 0.2) is 0 Å². The molecule has 0 saturated carbocycles. The Hall–Kier alpha value is -2.50. The Morgan fingerprint density at radius 3 is 2.44 bits per heavy atom. The zero-order valence-electron chi connectivity index (χ0n) is 14.2. The highest BCUT2D eigenvalue weighted by Gasteiger charge is 2.35. The first kappa shape index (κ1) is 18.8. The van der Waals surface area contributed by atoms with Crippen molar-refractivity contribution in [2.45, 2.75) is 40.0 Å². The van der Waals surface area contributed by atoms with Gasteiger partial charge >= 0.3 is 12.1 Å². The summed E-state index contributed by atoms with van der Waals surface area (Å²) in [6.45, 7) is 4.89. The van der Waals surface area contributed by atoms with Crippen molar-refractivity contribution in [3.63, 3.8) is 0 Å². The number of esters is 1. The number of rotatable bonds is 5. The lowest BCUT2D eigenvalue weighted by Crippen LogP contribution is -2.15. The Balaban J connectivity index is 2.39. The highest BCUT2D eigenvalue weighted by Crippen LogP contribution is 2.37. The number of benzene rings is 2. The zero-order valence-corrected chi connectivity index (χ0v) is 14.2. The Labute approximate surface area is 144 Å². The number of carbonyl (C=O) groups is 1. The molecule has 0 amide bonds. The van der Waals surface area contributed by atoms with Crippen LogP contribution in [0.3, 0.4) is 0 Å². The molecule has 0 saturated heterocycles. The van der Waals surface area contributed by atoms with Gasteiger partial charge in [0.1, 0.15) is 18.1 Å². The second kappa shape index (κ2) is 7.59. The highest BCUT2D eigenvalue weighted by molar-refractivity contribution is 5.72. The minimum absolute atomic E-state index is 0.0630. The lowest BCUT2D eigenvalue weighted by Gasteiger charge is -2.18. The summed E-state index contributed by atoms with van der Waals surface area (Å²) in [5.74, 6) is -0.246. The minimum Gasteiger partial charge on any atom is -0.488 e. The fraction of sp³-hybridized carbons (Fsp3) is 0.316. The maximum atomic E-state index is 13.3. The van der Waals surface area contributed by atoms with E-state index in [2.05, 4.69) is 0 Å². The van der Waals surface area contributed by atoms with E-state index in [0.717, 1.165) is 17.2 Å². The molecule has 2 aromatic rings. The third kappa shape index (κ3) is 4.75. The van der Waals surface area contributed by atoms with E-state index in [1.165, 1.54) is 12.1 Å². The molecule has 25 heavy (non-hydrogen) atoms. The fourth-order valence-corrected chi connectivity index (χ4v) is 2.28. The molecule has 0 heterocycles. The predicted molar refractivity (Wildman–Crippen MR) is 87.6 cm³/mol. The van der Waals surface area contributed by atoms with Crippen LogP contribution in [-0.2, 0) is 17.6 Å². The Morgan fingerprint density at radius 1 is 1.08 bits per heavy atom. The molecule has 0 aliphatic rings. The number of hydrogen-bond acceptors (Lipinski definition) is 3. The molecule has 0 N–H and O–H groups in total. The van der Waals surface area contributed by atoms with E-state index in [1.807, 2.05) is 26.0 Å². The average Bonchev–Trinajstić information content (AvgIpc) is 2.55. The van der Waals surface area contributed by atoms with Crippen LogP contribution in [-0.4, -0.2) is 5.97 Å². The second-order valence-corrected chi connectivity index (χ2v) is 5.67. The average molecular weight is 352 g/mol. The van der Waals surface area contributed by atoms with Crippen molar-refractivity contribution < 1.29 is 27.4 Å². The number of carbonyl (C=O) groups excluding carboxylic acids is 1. The van der Waals surface area contributed by atoms with E-state index in [1.54, 1.807) is 13.0 Å². The van der Waals surface area contributed by atoms with Crippen molar-refractivity contribution in [3.05, 3.63) is 58.7 Å². The summed E-state index contributed by atoms with van der Waals surface area (Å²) >= 11 is 0. The lowest BCUT2D eigenvalue weighted by molar-refractivity contribution is -0.140. The van der Waals surface area contributed by atoms with Crippen LogP contribution in [0.2, 0.25) is 0 Å². The van der Waals surface area contributed by atoms with Crippen LogP contribution >= 0.6 is 0 Å². The summed E-state index contributed by atoms with van der Waals surface area (Å²) in [5.41, 5.74) is 0.668. The van der Waals surface area contributed by atoms with E-state index in [9.17, 15) is 18.0 Å². The number of aryl methyl sites for hydroxylation is 2. The van der Waals surface area contributed by atoms with Crippen LogP contribution in [0.4, 0.5) is 13.2 Å². The molecule has 3 nitrogen and oxygen atoms in total. The van der Waals surface area contributed by atoms with E-state index >= 15 is 0 Å². The van der Waals surface area contributed by atoms with Crippen LogP contribution in [0, 0.1) is 13.8 Å². The maximum absolute atomic E-state index is 13.3. The van der Waals surface area contributed by atoms with Crippen LogP contribution in [0.5, 0.6) is 11.5 Å². The van der Waals surface area contributed by atoms with Crippen molar-refractivity contribution >= 4 is 5.97 Å². The topological polar surface area (TPSA) is 35.5 Å². The fourth-order valence-electron chi connectivity index (χ4n) is 2.28. The molecule has 0 aliphatic heterocycles. The van der Waals surface area contributed by atoms with Gasteiger partial charge in [0.05, 0.1) is 5.56 Å². The molecule has 0 radical (unpaired) electrons. The van der Waals surface area contributed by atoms with Gasteiger partial charge in [-0.25, -0.2) is 0 Å². The van der Waals surface area contributed by atoms with Crippen LogP contribution in [0.1, 0.15) is 35.6 Å². The van der Waals surface area contributed by atoms with Crippen molar-refractivity contribution in [1.29, 1.82) is 0 Å². The van der Waals surface area contributed by atoms with Gasteiger partial charge in [-0.2, -0.15) is 13.2 Å². The standard InChI is InChI=1S/C19H19F3O3/c1-4-18(23)25-16-7-5-6-15(19(20,21)22)14(16)11-24-17-10-12(2)8-9-13(17)3/h5-10H,4,11H2,1-3H3. The zero-order chi connectivity index (χ0) is 18.6. The van der Waals surface area contributed by atoms with Gasteiger partial charge in [-0.05, 0) is 43.2 Å². The summed E-state index contributed by atoms with van der Waals surface area (Å²) in [7, 11) is 0. The third-order valence-corrected chi connectivity index (χ3v) is 3.67. The molecule has 0 bridgehead atoms. The maximum Gasteiger partial charge on any atom is 0.416 e. The Morgan fingerprint density at radius 2 is 1.80 bits per heavy atom. The quantitative estimate of drug-likeness (QED) is 0.547. The van der Waals surface area contributed by atoms with Crippen LogP contribution in [0.25, 0.3) is 0 Å². The largest absolute Gasteiger partial charge is 0.488 e. The van der Waals surface area contributed by atoms with Crippen molar-refractivity contribution in [3.8, 4) is 11.5 Å². The van der Waals surface area contributed by atoms with Gasteiger partial charge in [0.2, 0.25) is 0 Å². The summed E-state index contributed by atoms with van der Waals surface area (Å²) in [6.07, 6.45) is -4.51. The molecular weight excluding hydrogens is 333 g/mol. The smallest absolute Gasteiger partial charge is 0.416 e. The molecule has 2 aromatic carbocycles. The molecule has 2 rings (SSSR count). The van der Waals surface area contributed by atoms with E-state index in [0.29, 0.717) is 5.75 Å². The molecule has 0 unspecified atom stereocenters. The first-order valence-corrected chi connectivity index (χ1v) is 7.82. The van der Waals surface area contributed by atoms with E-state index in [-0.39, 0.29) is 24.3 Å². The molecule has 0 aliphatic carbocycles. The van der Waals surface area contributed by atoms with Gasteiger partial charge in [-0.3, -0.25) is 4.79 Å². The molecule has 0 spiro atoms. The van der Waals surface area contributed by atoms with Gasteiger partial charge in [0.25, 0.3) is 0 Å². The number of halogens is 3. The summed E-state index contributed by atoms with van der Waals surface area (Å²) < 4.78 is 50.6. The van der Waals surface area contributed by atoms with Crippen LogP contribution < -0.4 is 9.47 Å². The number of ether oxygens (including phenoxy) is 2. The lowest BCUT2D eigenvalue weighted by atomic mass is 10.1. The van der Waals surface area contributed by atoms with E-state index in [4.69, 9.17) is 9.47 Å². The molecule has 6 heteroatoms. The Kier molecular flexibility index (Phi) is 5.72. The summed E-state index contributed by atoms with van der Waals surface area (Å²) in [6, 6.07) is 8.97. The second-order valence-electron chi connectivity index (χ2n) is 5.67. The predicted octanol–water partition coefficient (Wildman–Crippen LogP) is 5.22. The Bertz CT molecular complexity index is 767. The summed E-state index contributed by atoms with van der Waals surface area (Å²) in [4.78, 5) is 11.5. The molecule has 0 aromatic heterocycles. The van der Waals surface area contributed by atoms with Gasteiger partial charge in [-0.1, -0.05) is 25.1 Å². The molecule has 0 atom stereocenters. The van der Waals surface area contributed by atoms with Gasteiger partial charge < -0.3 is 9.47 Å². The van der Waals surface area contributed by atoms with Gasteiger partial charge in [-0.15, -0.1) is 0 Å². The van der Waals surface area contributed by atoms with Crippen molar-refractivity contribution in [1.82, 2.24) is 0 Å². The van der Waals surface area contributed by atoms with Crippen molar-refractivity contribution in [2.75, 3.05) is 0 Å². The van der Waals surface area contributed by atoms with Crippen LogP contribution in [0.15, 0.2) is 36.4 Å². The normalized spacial score (nSPS) is 11.3. The monoisotopic (exact) mass is 352 g/mol. The number of alkyl halides is 3. The first-order valence-electron chi connectivity index (χ1n) is 7.82. The summed E-state index contributed by atoms with van der Waals surface area (Å²) in [5, 5.41) is 0. The van der Waals surface area contributed by atoms with Crippen molar-refractivity contribution in [2.24, 2.45) is 0 Å². The molecule has 0 fully saturated rings. The third-order valence-electron chi connectivity index (χ3n) is 3.67. The highest BCUT2D eigenvalue weighted by atomic mass is 19.4. The van der Waals surface area contributed by atoms with E-state index < -0.39 is 17.7 Å². The number of hydrogen-bond donors (Lipinski definition) is 0. The minimum atomic E-state index is -4.57. The van der Waals surface area contributed by atoms with Gasteiger partial charge in [0, 0.05) is 12.0 Å².